The van der Waals surface area contributed by atoms with Crippen LogP contribution in [0.15, 0.2) is 60.8 Å². The van der Waals surface area contributed by atoms with Crippen molar-refractivity contribution in [3.63, 3.8) is 0 Å². The summed E-state index contributed by atoms with van der Waals surface area (Å²) in [5.74, 6) is -1.16. The van der Waals surface area contributed by atoms with Gasteiger partial charge in [-0.15, -0.1) is 0 Å². The van der Waals surface area contributed by atoms with Crippen molar-refractivity contribution < 1.29 is 18.8 Å². The van der Waals surface area contributed by atoms with E-state index in [4.69, 9.17) is 5.73 Å². The third-order valence-corrected chi connectivity index (χ3v) is 8.09. The first-order valence-electron chi connectivity index (χ1n) is 14.1. The molecular formula is C29H32FN9O3. The van der Waals surface area contributed by atoms with Crippen LogP contribution < -0.4 is 16.5 Å². The van der Waals surface area contributed by atoms with Gasteiger partial charge < -0.3 is 16.0 Å². The molecule has 1 aromatic carbocycles. The maximum atomic E-state index is 14.7. The van der Waals surface area contributed by atoms with Crippen LogP contribution in [0.1, 0.15) is 49.0 Å². The summed E-state index contributed by atoms with van der Waals surface area (Å²) in [6.07, 6.45) is 8.80. The minimum Gasteiger partial charge on any atom is -0.364 e. The molecule has 42 heavy (non-hydrogen) atoms. The summed E-state index contributed by atoms with van der Waals surface area (Å²) in [6.45, 7) is 3.45. The molecule has 2 aliphatic heterocycles. The number of hydrogen-bond acceptors (Lipinski definition) is 8. The van der Waals surface area contributed by atoms with Crippen molar-refractivity contribution in [1.82, 2.24) is 40.6 Å². The molecule has 2 aromatic heterocycles. The average Bonchev–Trinajstić information content (AvgIpc) is 3.68. The number of hydrogen-bond donors (Lipinski definition) is 3. The fourth-order valence-corrected chi connectivity index (χ4v) is 6.07. The van der Waals surface area contributed by atoms with Crippen molar-refractivity contribution in [3.05, 3.63) is 66.5 Å². The predicted molar refractivity (Wildman–Crippen MR) is 152 cm³/mol. The summed E-state index contributed by atoms with van der Waals surface area (Å²) in [7, 11) is 0. The standard InChI is InChI=1S/C29H32FN9O3/c1-17-11-25(39(35-17)21-5-3-2-4-6-21)34-29(42)24-13-20(30)15-37(24)26(40)16-38-23-8-7-18(19-9-10-32-33-14-19)12-22(23)27(36-38)28(31)41/h7-12,14,20-21,24,35H,1-6,13,15-16H2,(H2,31,41)(H,34,42). The number of fused-ring (bicyclic) bond motifs is 1. The van der Waals surface area contributed by atoms with Crippen molar-refractivity contribution in [3.8, 4) is 11.1 Å². The summed E-state index contributed by atoms with van der Waals surface area (Å²) < 4.78 is 16.0. The highest BCUT2D eigenvalue weighted by molar-refractivity contribution is 6.05. The number of nitrogens with zero attached hydrogens (tertiary/aromatic N) is 6. The Morgan fingerprint density at radius 2 is 1.93 bits per heavy atom. The number of carbonyl (C=O) groups excluding carboxylic acids is 3. The van der Waals surface area contributed by atoms with Crippen LogP contribution in [-0.4, -0.2) is 72.4 Å². The Balaban J connectivity index is 1.21. The molecule has 3 amide bonds. The summed E-state index contributed by atoms with van der Waals surface area (Å²) in [4.78, 5) is 40.4. The van der Waals surface area contributed by atoms with Gasteiger partial charge in [0.25, 0.3) is 5.91 Å². The Bertz CT molecular complexity index is 1580. The van der Waals surface area contributed by atoms with Gasteiger partial charge >= 0.3 is 0 Å². The van der Waals surface area contributed by atoms with Crippen molar-refractivity contribution in [2.24, 2.45) is 5.73 Å². The van der Waals surface area contributed by atoms with Crippen LogP contribution in [-0.2, 0) is 16.1 Å². The third kappa shape index (κ3) is 5.29. The molecule has 2 atom stereocenters. The van der Waals surface area contributed by atoms with Crippen LogP contribution in [0.25, 0.3) is 22.0 Å². The predicted octanol–water partition coefficient (Wildman–Crippen LogP) is 2.16. The molecule has 12 nitrogen and oxygen atoms in total. The lowest BCUT2D eigenvalue weighted by atomic mass is 9.95. The van der Waals surface area contributed by atoms with Gasteiger partial charge in [-0.3, -0.25) is 29.5 Å². The van der Waals surface area contributed by atoms with Crippen molar-refractivity contribution >= 4 is 28.6 Å². The van der Waals surface area contributed by atoms with E-state index in [1.807, 2.05) is 11.1 Å². The fourth-order valence-electron chi connectivity index (χ4n) is 6.07. The number of nitrogens with one attached hydrogen (secondary N) is 2. The highest BCUT2D eigenvalue weighted by Gasteiger charge is 2.41. The monoisotopic (exact) mass is 573 g/mol. The van der Waals surface area contributed by atoms with Crippen molar-refractivity contribution in [1.29, 1.82) is 0 Å². The Labute approximate surface area is 241 Å². The zero-order chi connectivity index (χ0) is 29.4. The normalized spacial score (nSPS) is 21.0. The Kier molecular flexibility index (Phi) is 7.31. The maximum absolute atomic E-state index is 14.7. The second-order valence-electron chi connectivity index (χ2n) is 10.9. The first-order chi connectivity index (χ1) is 20.3. The largest absolute Gasteiger partial charge is 0.364 e. The molecule has 3 aromatic rings. The van der Waals surface area contributed by atoms with Crippen LogP contribution >= 0.6 is 0 Å². The van der Waals surface area contributed by atoms with Crippen LogP contribution in [0, 0.1) is 0 Å². The lowest BCUT2D eigenvalue weighted by Crippen LogP contribution is -2.50. The Morgan fingerprint density at radius 3 is 2.67 bits per heavy atom. The van der Waals surface area contributed by atoms with Gasteiger partial charge in [-0.1, -0.05) is 31.9 Å². The van der Waals surface area contributed by atoms with Gasteiger partial charge in [0.1, 0.15) is 24.6 Å². The number of allylic oxidation sites excluding steroid dienone is 1. The van der Waals surface area contributed by atoms with Gasteiger partial charge in [0.05, 0.1) is 36.2 Å². The first kappa shape index (κ1) is 27.4. The number of carbonyl (C=O) groups is 3. The number of rotatable bonds is 7. The third-order valence-electron chi connectivity index (χ3n) is 8.09. The number of aromatic nitrogens is 4. The van der Waals surface area contributed by atoms with Gasteiger partial charge in [-0.2, -0.15) is 15.3 Å². The van der Waals surface area contributed by atoms with Crippen LogP contribution in [0.2, 0.25) is 0 Å². The summed E-state index contributed by atoms with van der Waals surface area (Å²) in [6, 6.07) is 6.28. The lowest BCUT2D eigenvalue weighted by molar-refractivity contribution is -0.139. The summed E-state index contributed by atoms with van der Waals surface area (Å²) >= 11 is 0. The van der Waals surface area contributed by atoms with Crippen LogP contribution in [0.4, 0.5) is 4.39 Å². The van der Waals surface area contributed by atoms with E-state index < -0.39 is 29.9 Å². The molecule has 1 aliphatic carbocycles. The maximum Gasteiger partial charge on any atom is 0.269 e. The molecule has 2 fully saturated rings. The first-order valence-corrected chi connectivity index (χ1v) is 14.1. The van der Waals surface area contributed by atoms with Gasteiger partial charge in [-0.25, -0.2) is 4.39 Å². The molecule has 1 saturated carbocycles. The van der Waals surface area contributed by atoms with Crippen LogP contribution in [0.3, 0.4) is 0 Å². The van der Waals surface area contributed by atoms with Gasteiger partial charge in [-0.05, 0) is 36.6 Å². The molecule has 4 N–H and O–H groups in total. The molecule has 3 aliphatic rings. The van der Waals surface area contributed by atoms with E-state index in [2.05, 4.69) is 32.6 Å². The number of amides is 3. The van der Waals surface area contributed by atoms with E-state index >= 15 is 0 Å². The molecule has 2 unspecified atom stereocenters. The minimum atomic E-state index is -1.35. The van der Waals surface area contributed by atoms with Gasteiger partial charge in [0.2, 0.25) is 11.8 Å². The second kappa shape index (κ2) is 11.2. The van der Waals surface area contributed by atoms with Crippen molar-refractivity contribution in [2.75, 3.05) is 6.54 Å². The summed E-state index contributed by atoms with van der Waals surface area (Å²) in [5, 5.41) is 17.3. The number of halogens is 1. The van der Waals surface area contributed by atoms with E-state index in [9.17, 15) is 18.8 Å². The van der Waals surface area contributed by atoms with Gasteiger partial charge in [0.15, 0.2) is 5.69 Å². The van der Waals surface area contributed by atoms with E-state index in [1.165, 1.54) is 16.0 Å². The number of alkyl halides is 1. The molecule has 0 bridgehead atoms. The molecule has 0 radical (unpaired) electrons. The zero-order valence-corrected chi connectivity index (χ0v) is 23.0. The van der Waals surface area contributed by atoms with Crippen LogP contribution in [0.5, 0.6) is 0 Å². The summed E-state index contributed by atoms with van der Waals surface area (Å²) in [5.41, 5.74) is 11.5. The molecule has 6 rings (SSSR count). The van der Waals surface area contributed by atoms with E-state index in [0.717, 1.165) is 36.8 Å². The zero-order valence-electron chi connectivity index (χ0n) is 23.0. The van der Waals surface area contributed by atoms with E-state index in [1.54, 1.807) is 36.7 Å². The number of hydrazine groups is 1. The second-order valence-corrected chi connectivity index (χ2v) is 10.9. The fraction of sp³-hybridized carbons (Fsp3) is 0.379. The van der Waals surface area contributed by atoms with Gasteiger partial charge in [0, 0.05) is 23.4 Å². The number of primary amides is 1. The lowest BCUT2D eigenvalue weighted by Gasteiger charge is -2.35. The Hall–Kier alpha value is -4.81. The SMILES string of the molecule is C=C1C=C(NC(=O)C2CC(F)CN2C(=O)Cn2nc(C(N)=O)c3cc(-c4ccnnc4)ccc32)N(C2CCCCC2)N1. The number of nitrogens with two attached hydrogens (primary N) is 1. The van der Waals surface area contributed by atoms with E-state index in [-0.39, 0.29) is 31.2 Å². The average molecular weight is 574 g/mol. The smallest absolute Gasteiger partial charge is 0.269 e. The Morgan fingerprint density at radius 1 is 1.12 bits per heavy atom. The molecule has 0 spiro atoms. The highest BCUT2D eigenvalue weighted by Crippen LogP contribution is 2.29. The number of benzene rings is 1. The molecule has 4 heterocycles. The minimum absolute atomic E-state index is 0.00412. The molecule has 13 heteroatoms. The quantitative estimate of drug-likeness (QED) is 0.389. The highest BCUT2D eigenvalue weighted by atomic mass is 19.1. The molecule has 1 saturated heterocycles. The van der Waals surface area contributed by atoms with E-state index in [0.29, 0.717) is 22.4 Å². The number of likely N-dealkylation sites (tertiary alicyclic amines) is 1. The molecular weight excluding hydrogens is 541 g/mol. The molecule has 218 valence electrons. The topological polar surface area (TPSA) is 151 Å². The van der Waals surface area contributed by atoms with Crippen molar-refractivity contribution in [2.45, 2.75) is 63.3 Å².